The van der Waals surface area contributed by atoms with Crippen molar-refractivity contribution in [2.45, 2.75) is 175 Å². The number of aliphatic hydroxyl groups is 8. The first-order chi connectivity index (χ1) is 24.7. The summed E-state index contributed by atoms with van der Waals surface area (Å²) in [5.41, 5.74) is 0.585. The molecular formula is C40H64O8P4. The molecule has 4 aliphatic heterocycles. The first kappa shape index (κ1) is 43.0. The van der Waals surface area contributed by atoms with Crippen LogP contribution in [-0.2, 0) is 0 Å². The van der Waals surface area contributed by atoms with Crippen LogP contribution < -0.4 is 21.2 Å². The summed E-state index contributed by atoms with van der Waals surface area (Å²) in [6.45, 7) is 16.5. The number of benzene rings is 2. The zero-order chi connectivity index (χ0) is 38.3. The van der Waals surface area contributed by atoms with Crippen molar-refractivity contribution in [2.75, 3.05) is 0 Å². The molecule has 4 aliphatic rings. The van der Waals surface area contributed by atoms with Crippen molar-refractivity contribution in [3.05, 3.63) is 48.5 Å². The van der Waals surface area contributed by atoms with Crippen molar-refractivity contribution in [3.8, 4) is 0 Å². The number of hydrogen-bond donors (Lipinski definition) is 8. The maximum Gasteiger partial charge on any atom is 0.0875 e. The lowest BCUT2D eigenvalue weighted by Gasteiger charge is -2.33. The van der Waals surface area contributed by atoms with Gasteiger partial charge in [-0.1, -0.05) is 136 Å². The van der Waals surface area contributed by atoms with E-state index in [-0.39, 0.29) is 45.3 Å². The molecule has 0 radical (unpaired) electrons. The van der Waals surface area contributed by atoms with Gasteiger partial charge in [-0.05, 0) is 46.9 Å². The van der Waals surface area contributed by atoms with Gasteiger partial charge in [-0.2, -0.15) is 0 Å². The standard InChI is InChI=1S/C22H36O4P2.C18H28O4P2/c1-5-13-19(23)20(24)14(6-2)27(13)17-11-9-10-12-18(17)28-15(7-3)21(25)22(26)16(28)8-4;1-9-15(19)16(20)10(2)23(9)13-7-5-6-8-14(13)24-11(3)17(21)18(22)12(24)4/h9-16,19-26H,5-8H2,1-4H3;5-12,15-22H,1-4H3/t13-,14-,15-,16-,19+,20+,21+,22+;9-,10-,11-,12-,15+,16+,17+,18+/m00/s1. The highest BCUT2D eigenvalue weighted by atomic mass is 31.1. The molecule has 292 valence electrons. The predicted molar refractivity (Wildman–Crippen MR) is 221 cm³/mol. The Kier molecular flexibility index (Phi) is 14.8. The fourth-order valence-electron chi connectivity index (χ4n) is 9.75. The Morgan fingerprint density at radius 3 is 0.731 bits per heavy atom. The van der Waals surface area contributed by atoms with Crippen LogP contribution in [0.2, 0.25) is 0 Å². The third-order valence-electron chi connectivity index (χ3n) is 12.7. The van der Waals surface area contributed by atoms with Crippen molar-refractivity contribution >= 4 is 52.9 Å². The van der Waals surface area contributed by atoms with E-state index in [0.717, 1.165) is 25.7 Å². The van der Waals surface area contributed by atoms with E-state index in [1.54, 1.807) is 0 Å². The molecule has 0 amide bonds. The number of rotatable bonds is 8. The molecule has 2 aromatic rings. The van der Waals surface area contributed by atoms with Gasteiger partial charge < -0.3 is 40.9 Å². The molecule has 2 aromatic carbocycles. The summed E-state index contributed by atoms with van der Waals surface area (Å²) in [5, 5.41) is 89.1. The van der Waals surface area contributed by atoms with Crippen LogP contribution in [0.1, 0.15) is 81.1 Å². The van der Waals surface area contributed by atoms with Gasteiger partial charge >= 0.3 is 0 Å². The summed E-state index contributed by atoms with van der Waals surface area (Å²) in [6.07, 6.45) is -1.95. The van der Waals surface area contributed by atoms with Gasteiger partial charge in [0.2, 0.25) is 0 Å². The normalized spacial score (nSPS) is 46.0. The Morgan fingerprint density at radius 2 is 0.538 bits per heavy atom. The molecule has 0 bridgehead atoms. The zero-order valence-corrected chi connectivity index (χ0v) is 35.6. The Bertz CT molecular complexity index is 1300. The maximum atomic E-state index is 10.7. The van der Waals surface area contributed by atoms with E-state index in [1.165, 1.54) is 21.2 Å². The highest BCUT2D eigenvalue weighted by Gasteiger charge is 2.53. The average molecular weight is 797 g/mol. The van der Waals surface area contributed by atoms with Gasteiger partial charge in [-0.15, -0.1) is 0 Å². The van der Waals surface area contributed by atoms with Crippen LogP contribution in [0.5, 0.6) is 0 Å². The molecule has 0 aromatic heterocycles. The number of hydrogen-bond acceptors (Lipinski definition) is 8. The van der Waals surface area contributed by atoms with Gasteiger partial charge in [-0.3, -0.25) is 0 Å². The van der Waals surface area contributed by atoms with Crippen LogP contribution >= 0.6 is 31.7 Å². The van der Waals surface area contributed by atoms with E-state index in [4.69, 9.17) is 0 Å². The fraction of sp³-hybridized carbons (Fsp3) is 0.700. The van der Waals surface area contributed by atoms with E-state index < -0.39 is 80.5 Å². The van der Waals surface area contributed by atoms with Crippen molar-refractivity contribution < 1.29 is 40.9 Å². The van der Waals surface area contributed by atoms with E-state index in [9.17, 15) is 40.9 Å². The summed E-state index contributed by atoms with van der Waals surface area (Å²) in [4.78, 5) is 0. The van der Waals surface area contributed by atoms with Gasteiger partial charge in [0, 0.05) is 45.3 Å². The molecule has 0 saturated carbocycles. The first-order valence-electron chi connectivity index (χ1n) is 19.5. The van der Waals surface area contributed by atoms with Crippen molar-refractivity contribution in [1.29, 1.82) is 0 Å². The van der Waals surface area contributed by atoms with Gasteiger partial charge in [-0.25, -0.2) is 0 Å². The zero-order valence-electron chi connectivity index (χ0n) is 32.1. The lowest BCUT2D eigenvalue weighted by atomic mass is 10.1. The SMILES string of the molecule is CC[C@H]1[C@@H](O)[C@H](O)[C@H](CC)P1c1ccccc1P1[C@@H](CC)[C@@H](O)[C@H](O)[C@@H]1CC.C[C@H]1[C@@H](O)[C@H](O)[C@H](C)P1c1ccccc1P1[C@@H](C)[C@@H](O)[C@H](O)[C@@H]1C. The minimum Gasteiger partial charge on any atom is -0.390 e. The highest BCUT2D eigenvalue weighted by molar-refractivity contribution is 7.74. The van der Waals surface area contributed by atoms with Crippen LogP contribution in [0, 0.1) is 0 Å². The molecule has 16 atom stereocenters. The molecule has 4 heterocycles. The van der Waals surface area contributed by atoms with E-state index in [0.29, 0.717) is 0 Å². The third kappa shape index (κ3) is 7.51. The van der Waals surface area contributed by atoms with Gasteiger partial charge in [0.1, 0.15) is 0 Å². The van der Waals surface area contributed by atoms with Crippen molar-refractivity contribution in [1.82, 2.24) is 0 Å². The van der Waals surface area contributed by atoms with Crippen molar-refractivity contribution in [2.24, 2.45) is 0 Å². The molecule has 0 unspecified atom stereocenters. The highest BCUT2D eigenvalue weighted by Crippen LogP contribution is 2.62. The fourth-order valence-corrected chi connectivity index (χ4v) is 24.8. The quantitative estimate of drug-likeness (QED) is 0.189. The Balaban J connectivity index is 0.000000203. The van der Waals surface area contributed by atoms with E-state index in [2.05, 4.69) is 64.1 Å². The first-order valence-corrected chi connectivity index (χ1v) is 25.4. The molecular weight excluding hydrogens is 732 g/mol. The van der Waals surface area contributed by atoms with E-state index >= 15 is 0 Å². The smallest absolute Gasteiger partial charge is 0.0875 e. The summed E-state index contributed by atoms with van der Waals surface area (Å²) >= 11 is 0. The van der Waals surface area contributed by atoms with Crippen LogP contribution in [0.15, 0.2) is 48.5 Å². The molecule has 4 saturated heterocycles. The van der Waals surface area contributed by atoms with Crippen molar-refractivity contribution in [3.63, 3.8) is 0 Å². The second-order valence-corrected chi connectivity index (χ2v) is 26.5. The number of aliphatic hydroxyl groups excluding tert-OH is 8. The van der Waals surface area contributed by atoms with Gasteiger partial charge in [0.05, 0.1) is 48.8 Å². The largest absolute Gasteiger partial charge is 0.390 e. The third-order valence-corrected chi connectivity index (χ3v) is 27.1. The van der Waals surface area contributed by atoms with Crippen LogP contribution in [-0.4, -0.2) is 135 Å². The average Bonchev–Trinajstić information content (AvgIpc) is 3.70. The Labute approximate surface area is 316 Å². The molecule has 0 spiro atoms. The Hall–Kier alpha value is -0.160. The van der Waals surface area contributed by atoms with Gasteiger partial charge in [0.15, 0.2) is 0 Å². The van der Waals surface area contributed by atoms with Gasteiger partial charge in [0.25, 0.3) is 0 Å². The molecule has 52 heavy (non-hydrogen) atoms. The molecule has 12 heteroatoms. The minimum atomic E-state index is -0.707. The van der Waals surface area contributed by atoms with E-state index in [1.807, 2.05) is 39.8 Å². The topological polar surface area (TPSA) is 162 Å². The Morgan fingerprint density at radius 1 is 0.346 bits per heavy atom. The van der Waals surface area contributed by atoms with Crippen LogP contribution in [0.3, 0.4) is 0 Å². The predicted octanol–water partition coefficient (Wildman–Crippen LogP) is 3.41. The molecule has 4 fully saturated rings. The van der Waals surface area contributed by atoms with Crippen LogP contribution in [0.25, 0.3) is 0 Å². The monoisotopic (exact) mass is 796 g/mol. The second-order valence-electron chi connectivity index (χ2n) is 15.4. The lowest BCUT2D eigenvalue weighted by molar-refractivity contribution is 0.0272. The minimum absolute atomic E-state index is 0.0456. The molecule has 6 rings (SSSR count). The van der Waals surface area contributed by atoms with Crippen LogP contribution in [0.4, 0.5) is 0 Å². The molecule has 0 aliphatic carbocycles. The lowest BCUT2D eigenvalue weighted by Crippen LogP contribution is -2.32. The summed E-state index contributed by atoms with van der Waals surface area (Å²) in [7, 11) is -2.80. The second kappa shape index (κ2) is 18.0. The summed E-state index contributed by atoms with van der Waals surface area (Å²) in [5.74, 6) is 0. The summed E-state index contributed by atoms with van der Waals surface area (Å²) in [6, 6.07) is 16.8. The summed E-state index contributed by atoms with van der Waals surface area (Å²) < 4.78 is 0. The maximum absolute atomic E-state index is 10.7. The molecule has 8 nitrogen and oxygen atoms in total. The molecule has 8 N–H and O–H groups in total.